The first-order chi connectivity index (χ1) is 11.5. The monoisotopic (exact) mass is 331 g/mol. The van der Waals surface area contributed by atoms with Crippen molar-refractivity contribution >= 4 is 11.8 Å². The van der Waals surface area contributed by atoms with Crippen molar-refractivity contribution in [3.63, 3.8) is 0 Å². The van der Waals surface area contributed by atoms with Crippen molar-refractivity contribution in [1.82, 2.24) is 9.80 Å². The van der Waals surface area contributed by atoms with E-state index in [9.17, 15) is 9.59 Å². The zero-order chi connectivity index (χ0) is 17.2. The third-order valence-electron chi connectivity index (χ3n) is 4.90. The maximum Gasteiger partial charge on any atom is 0.251 e. The van der Waals surface area contributed by atoms with Crippen LogP contribution in [-0.2, 0) is 19.9 Å². The van der Waals surface area contributed by atoms with Crippen LogP contribution in [0.15, 0.2) is 30.3 Å². The predicted molar refractivity (Wildman–Crippen MR) is 90.1 cm³/mol. The van der Waals surface area contributed by atoms with Crippen molar-refractivity contribution in [3.05, 3.63) is 35.9 Å². The molecule has 2 unspecified atom stereocenters. The average Bonchev–Trinajstić information content (AvgIpc) is 3.16. The highest BCUT2D eigenvalue weighted by Gasteiger charge is 2.37. The van der Waals surface area contributed by atoms with Gasteiger partial charge in [-0.25, -0.2) is 0 Å². The molecule has 2 atom stereocenters. The number of piperazine rings is 1. The molecule has 24 heavy (non-hydrogen) atoms. The highest BCUT2D eigenvalue weighted by Crippen LogP contribution is 2.22. The van der Waals surface area contributed by atoms with E-state index in [1.165, 1.54) is 0 Å². The van der Waals surface area contributed by atoms with Gasteiger partial charge in [-0.3, -0.25) is 9.59 Å². The normalized spacial score (nSPS) is 23.8. The number of amides is 2. The predicted octanol–water partition coefficient (Wildman–Crippen LogP) is 0.710. The summed E-state index contributed by atoms with van der Waals surface area (Å²) in [5.41, 5.74) is 6.06. The third kappa shape index (κ3) is 3.30. The third-order valence-corrected chi connectivity index (χ3v) is 4.90. The molecule has 0 radical (unpaired) electrons. The van der Waals surface area contributed by atoms with Crippen LogP contribution >= 0.6 is 0 Å². The van der Waals surface area contributed by atoms with Crippen molar-refractivity contribution in [2.45, 2.75) is 31.4 Å². The Bertz CT molecular complexity index is 589. The molecule has 3 rings (SSSR count). The molecule has 6 heteroatoms. The summed E-state index contributed by atoms with van der Waals surface area (Å²) in [5, 5.41) is 0. The summed E-state index contributed by atoms with van der Waals surface area (Å²) >= 11 is 0. The van der Waals surface area contributed by atoms with E-state index in [1.807, 2.05) is 30.3 Å². The Morgan fingerprint density at radius 2 is 1.75 bits per heavy atom. The smallest absolute Gasteiger partial charge is 0.251 e. The van der Waals surface area contributed by atoms with Crippen molar-refractivity contribution in [2.75, 3.05) is 32.8 Å². The van der Waals surface area contributed by atoms with Crippen LogP contribution in [0.1, 0.15) is 25.3 Å². The van der Waals surface area contributed by atoms with Crippen LogP contribution in [0.2, 0.25) is 0 Å². The van der Waals surface area contributed by atoms with E-state index in [0.29, 0.717) is 32.8 Å². The molecule has 1 aromatic rings. The molecule has 2 saturated heterocycles. The molecule has 6 nitrogen and oxygen atoms in total. The van der Waals surface area contributed by atoms with E-state index in [4.69, 9.17) is 10.5 Å². The molecule has 0 saturated carbocycles. The fourth-order valence-corrected chi connectivity index (χ4v) is 3.34. The zero-order valence-corrected chi connectivity index (χ0v) is 14.1. The number of benzene rings is 1. The molecular weight excluding hydrogens is 306 g/mol. The number of nitrogens with zero attached hydrogens (tertiary/aromatic N) is 2. The van der Waals surface area contributed by atoms with Crippen LogP contribution in [-0.4, -0.2) is 60.5 Å². The minimum absolute atomic E-state index is 0.0539. The summed E-state index contributed by atoms with van der Waals surface area (Å²) in [6, 6.07) is 9.40. The van der Waals surface area contributed by atoms with Crippen LogP contribution in [0, 0.1) is 0 Å². The fourth-order valence-electron chi connectivity index (χ4n) is 3.34. The molecule has 0 bridgehead atoms. The lowest BCUT2D eigenvalue weighted by atomic mass is 9.91. The molecule has 0 spiro atoms. The van der Waals surface area contributed by atoms with Gasteiger partial charge in [0.25, 0.3) is 5.91 Å². The molecule has 2 fully saturated rings. The molecule has 130 valence electrons. The zero-order valence-electron chi connectivity index (χ0n) is 14.1. The second kappa shape index (κ2) is 6.91. The SMILES string of the molecule is CC(N)(C(=O)N1CCN(C(=O)C2CCCO2)CC1)c1ccccc1. The number of carbonyl (C=O) groups is 2. The van der Waals surface area contributed by atoms with E-state index in [2.05, 4.69) is 0 Å². The minimum atomic E-state index is -1.05. The number of hydrogen-bond acceptors (Lipinski definition) is 4. The highest BCUT2D eigenvalue weighted by atomic mass is 16.5. The topological polar surface area (TPSA) is 75.9 Å². The van der Waals surface area contributed by atoms with Crippen LogP contribution in [0.3, 0.4) is 0 Å². The van der Waals surface area contributed by atoms with Crippen molar-refractivity contribution in [3.8, 4) is 0 Å². The summed E-state index contributed by atoms with van der Waals surface area (Å²) < 4.78 is 5.46. The Kier molecular flexibility index (Phi) is 4.87. The quantitative estimate of drug-likeness (QED) is 0.885. The summed E-state index contributed by atoms with van der Waals surface area (Å²) in [7, 11) is 0. The van der Waals surface area contributed by atoms with Crippen LogP contribution in [0.5, 0.6) is 0 Å². The van der Waals surface area contributed by atoms with Gasteiger partial charge in [0, 0.05) is 32.8 Å². The van der Waals surface area contributed by atoms with Gasteiger partial charge in [-0.15, -0.1) is 0 Å². The molecule has 0 aromatic heterocycles. The van der Waals surface area contributed by atoms with Crippen molar-refractivity contribution in [1.29, 1.82) is 0 Å². The van der Waals surface area contributed by atoms with Crippen LogP contribution in [0.25, 0.3) is 0 Å². The Hall–Kier alpha value is -1.92. The maximum atomic E-state index is 12.8. The van der Waals surface area contributed by atoms with E-state index < -0.39 is 5.54 Å². The largest absolute Gasteiger partial charge is 0.368 e. The van der Waals surface area contributed by atoms with Gasteiger partial charge >= 0.3 is 0 Å². The van der Waals surface area contributed by atoms with Gasteiger partial charge in [0.15, 0.2) is 0 Å². The molecule has 0 aliphatic carbocycles. The second-order valence-corrected chi connectivity index (χ2v) is 6.69. The lowest BCUT2D eigenvalue weighted by molar-refractivity contribution is -0.147. The number of rotatable bonds is 3. The molecular formula is C18H25N3O3. The van der Waals surface area contributed by atoms with Crippen LogP contribution in [0.4, 0.5) is 0 Å². The lowest BCUT2D eigenvalue weighted by Gasteiger charge is -2.39. The Morgan fingerprint density at radius 3 is 2.33 bits per heavy atom. The highest BCUT2D eigenvalue weighted by molar-refractivity contribution is 5.87. The first-order valence-corrected chi connectivity index (χ1v) is 8.54. The fraction of sp³-hybridized carbons (Fsp3) is 0.556. The Balaban J connectivity index is 1.60. The first kappa shape index (κ1) is 16.9. The van der Waals surface area contributed by atoms with E-state index in [0.717, 1.165) is 18.4 Å². The molecule has 2 amide bonds. The average molecular weight is 331 g/mol. The Morgan fingerprint density at radius 1 is 1.12 bits per heavy atom. The maximum absolute atomic E-state index is 12.8. The molecule has 2 N–H and O–H groups in total. The number of nitrogens with two attached hydrogens (primary N) is 1. The summed E-state index contributed by atoms with van der Waals surface area (Å²) in [6.45, 7) is 4.50. The van der Waals surface area contributed by atoms with Gasteiger partial charge < -0.3 is 20.3 Å². The summed E-state index contributed by atoms with van der Waals surface area (Å²) in [5.74, 6) is -0.0453. The molecule has 1 aromatic carbocycles. The summed E-state index contributed by atoms with van der Waals surface area (Å²) in [6.07, 6.45) is 1.45. The second-order valence-electron chi connectivity index (χ2n) is 6.69. The summed E-state index contributed by atoms with van der Waals surface area (Å²) in [4.78, 5) is 28.8. The van der Waals surface area contributed by atoms with Gasteiger partial charge in [-0.2, -0.15) is 0 Å². The van der Waals surface area contributed by atoms with Gasteiger partial charge in [0.2, 0.25) is 5.91 Å². The number of hydrogen-bond donors (Lipinski definition) is 1. The number of carbonyl (C=O) groups excluding carboxylic acids is 2. The molecule has 2 heterocycles. The van der Waals surface area contributed by atoms with Crippen LogP contribution < -0.4 is 5.73 Å². The van der Waals surface area contributed by atoms with E-state index in [-0.39, 0.29) is 17.9 Å². The van der Waals surface area contributed by atoms with Gasteiger partial charge in [-0.05, 0) is 25.3 Å². The van der Waals surface area contributed by atoms with Gasteiger partial charge in [0.05, 0.1) is 0 Å². The van der Waals surface area contributed by atoms with Crippen molar-refractivity contribution < 1.29 is 14.3 Å². The lowest BCUT2D eigenvalue weighted by Crippen LogP contribution is -2.58. The van der Waals surface area contributed by atoms with E-state index in [1.54, 1.807) is 16.7 Å². The van der Waals surface area contributed by atoms with E-state index >= 15 is 0 Å². The van der Waals surface area contributed by atoms with Gasteiger partial charge in [-0.1, -0.05) is 30.3 Å². The number of ether oxygens (including phenoxy) is 1. The standard InChI is InChI=1S/C18H25N3O3/c1-18(19,14-6-3-2-4-7-14)17(23)21-11-9-20(10-12-21)16(22)15-8-5-13-24-15/h2-4,6-7,15H,5,8-13,19H2,1H3. The minimum Gasteiger partial charge on any atom is -0.368 e. The molecule has 2 aliphatic heterocycles. The van der Waals surface area contributed by atoms with Crippen molar-refractivity contribution in [2.24, 2.45) is 5.73 Å². The first-order valence-electron chi connectivity index (χ1n) is 8.54. The molecule has 2 aliphatic rings. The van der Waals surface area contributed by atoms with Gasteiger partial charge in [0.1, 0.15) is 11.6 Å². The Labute approximate surface area is 142 Å².